The van der Waals surface area contributed by atoms with Gasteiger partial charge in [-0.2, -0.15) is 0 Å². The van der Waals surface area contributed by atoms with Gasteiger partial charge < -0.3 is 10.1 Å². The van der Waals surface area contributed by atoms with E-state index in [1.807, 2.05) is 32.0 Å². The Kier molecular flexibility index (Phi) is 6.15. The van der Waals surface area contributed by atoms with E-state index in [-0.39, 0.29) is 12.5 Å². The normalized spacial score (nSPS) is 10.6. The summed E-state index contributed by atoms with van der Waals surface area (Å²) in [6.07, 6.45) is 2.87. The van der Waals surface area contributed by atoms with Crippen molar-refractivity contribution in [3.63, 3.8) is 0 Å². The van der Waals surface area contributed by atoms with E-state index >= 15 is 0 Å². The maximum absolute atomic E-state index is 11.9. The first-order valence-electron chi connectivity index (χ1n) is 7.41. The van der Waals surface area contributed by atoms with Crippen LogP contribution in [0.4, 0.5) is 5.69 Å². The molecule has 0 fully saturated rings. The molecule has 0 aliphatic heterocycles. The Morgan fingerprint density at radius 1 is 1.12 bits per heavy atom. The molecule has 0 atom stereocenters. The van der Waals surface area contributed by atoms with Crippen LogP contribution in [-0.4, -0.2) is 18.5 Å². The van der Waals surface area contributed by atoms with Gasteiger partial charge in [0.2, 0.25) is 0 Å². The van der Waals surface area contributed by atoms with Crippen molar-refractivity contribution >= 4 is 35.2 Å². The number of nitrogens with one attached hydrogen (secondary N) is 1. The summed E-state index contributed by atoms with van der Waals surface area (Å²) < 4.78 is 4.93. The van der Waals surface area contributed by atoms with E-state index in [2.05, 4.69) is 5.32 Å². The number of rotatable bonds is 5. The first kappa shape index (κ1) is 17.8. The van der Waals surface area contributed by atoms with Crippen LogP contribution in [0, 0.1) is 13.8 Å². The fourth-order valence-corrected chi connectivity index (χ4v) is 2.11. The van der Waals surface area contributed by atoms with E-state index in [4.69, 9.17) is 16.3 Å². The molecular weight excluding hydrogens is 326 g/mol. The lowest BCUT2D eigenvalue weighted by molar-refractivity contribution is -0.142. The van der Waals surface area contributed by atoms with Crippen LogP contribution in [0.15, 0.2) is 48.5 Å². The number of hydrogen-bond acceptors (Lipinski definition) is 3. The predicted octanol–water partition coefficient (Wildman–Crippen LogP) is 4.15. The second kappa shape index (κ2) is 8.31. The van der Waals surface area contributed by atoms with E-state index in [1.54, 1.807) is 30.3 Å². The maximum Gasteiger partial charge on any atom is 0.331 e. The van der Waals surface area contributed by atoms with Gasteiger partial charge >= 0.3 is 5.97 Å². The molecular formula is C19H18ClNO3. The summed E-state index contributed by atoms with van der Waals surface area (Å²) in [5.74, 6) is -0.960. The van der Waals surface area contributed by atoms with E-state index in [9.17, 15) is 9.59 Å². The van der Waals surface area contributed by atoms with Gasteiger partial charge in [-0.15, -0.1) is 0 Å². The van der Waals surface area contributed by atoms with Crippen molar-refractivity contribution in [2.75, 3.05) is 11.9 Å². The third-order valence-corrected chi connectivity index (χ3v) is 3.55. The van der Waals surface area contributed by atoms with Crippen LogP contribution in [0.1, 0.15) is 16.7 Å². The largest absolute Gasteiger partial charge is 0.452 e. The second-order valence-corrected chi connectivity index (χ2v) is 5.80. The Labute approximate surface area is 146 Å². The Hall–Kier alpha value is -2.59. The molecule has 1 N–H and O–H groups in total. The Morgan fingerprint density at radius 2 is 1.83 bits per heavy atom. The highest BCUT2D eigenvalue weighted by molar-refractivity contribution is 6.30. The fourth-order valence-electron chi connectivity index (χ4n) is 1.98. The molecule has 0 unspecified atom stereocenters. The zero-order valence-electron chi connectivity index (χ0n) is 13.5. The monoisotopic (exact) mass is 343 g/mol. The van der Waals surface area contributed by atoms with Gasteiger partial charge in [0.25, 0.3) is 5.91 Å². The van der Waals surface area contributed by atoms with Gasteiger partial charge in [-0.1, -0.05) is 35.9 Å². The molecule has 0 heterocycles. The fraction of sp³-hybridized carbons (Fsp3) is 0.158. The van der Waals surface area contributed by atoms with Crippen LogP contribution in [0.2, 0.25) is 5.02 Å². The molecule has 24 heavy (non-hydrogen) atoms. The number of hydrogen-bond donors (Lipinski definition) is 1. The maximum atomic E-state index is 11.9. The second-order valence-electron chi connectivity index (χ2n) is 5.36. The van der Waals surface area contributed by atoms with Crippen LogP contribution in [0.5, 0.6) is 0 Å². The van der Waals surface area contributed by atoms with Crippen LogP contribution >= 0.6 is 11.6 Å². The molecule has 1 amide bonds. The first-order valence-corrected chi connectivity index (χ1v) is 7.79. The summed E-state index contributed by atoms with van der Waals surface area (Å²) in [6, 6.07) is 12.8. The van der Waals surface area contributed by atoms with E-state index in [0.717, 1.165) is 16.7 Å². The molecule has 5 heteroatoms. The standard InChI is InChI=1S/C19H18ClNO3/c1-13-3-4-14(2)17(11-13)21-18(22)12-24-19(23)10-7-15-5-8-16(20)9-6-15/h3-11H,12H2,1-2H3,(H,21,22)/b10-7+. The third-order valence-electron chi connectivity index (χ3n) is 3.29. The van der Waals surface area contributed by atoms with E-state index in [1.165, 1.54) is 6.08 Å². The highest BCUT2D eigenvalue weighted by atomic mass is 35.5. The Bertz CT molecular complexity index is 767. The minimum absolute atomic E-state index is 0.336. The summed E-state index contributed by atoms with van der Waals surface area (Å²) in [4.78, 5) is 23.5. The molecule has 2 rings (SSSR count). The van der Waals surface area contributed by atoms with Crippen LogP contribution < -0.4 is 5.32 Å². The van der Waals surface area contributed by atoms with Gasteiger partial charge in [-0.3, -0.25) is 4.79 Å². The van der Waals surface area contributed by atoms with Gasteiger partial charge in [0.1, 0.15) is 0 Å². The molecule has 4 nitrogen and oxygen atoms in total. The summed E-state index contributed by atoms with van der Waals surface area (Å²) in [6.45, 7) is 3.50. The van der Waals surface area contributed by atoms with Crippen LogP contribution in [0.3, 0.4) is 0 Å². The van der Waals surface area contributed by atoms with Gasteiger partial charge in [0, 0.05) is 16.8 Å². The zero-order valence-corrected chi connectivity index (χ0v) is 14.3. The molecule has 0 bridgehead atoms. The van der Waals surface area contributed by atoms with Gasteiger partial charge in [0.15, 0.2) is 6.61 Å². The highest BCUT2D eigenvalue weighted by Gasteiger charge is 2.07. The summed E-state index contributed by atoms with van der Waals surface area (Å²) in [7, 11) is 0. The quantitative estimate of drug-likeness (QED) is 0.655. The summed E-state index contributed by atoms with van der Waals surface area (Å²) >= 11 is 5.79. The van der Waals surface area contributed by atoms with Crippen molar-refractivity contribution in [1.82, 2.24) is 0 Å². The first-order chi connectivity index (χ1) is 11.4. The number of carbonyl (C=O) groups excluding carboxylic acids is 2. The molecule has 0 aromatic heterocycles. The number of carbonyl (C=O) groups is 2. The number of aryl methyl sites for hydroxylation is 2. The number of benzene rings is 2. The van der Waals surface area contributed by atoms with E-state index < -0.39 is 5.97 Å². The van der Waals surface area contributed by atoms with Crippen molar-refractivity contribution < 1.29 is 14.3 Å². The number of anilines is 1. The van der Waals surface area contributed by atoms with Gasteiger partial charge in [-0.25, -0.2) is 4.79 Å². The number of halogens is 1. The summed E-state index contributed by atoms with van der Waals surface area (Å²) in [5, 5.41) is 3.35. The molecule has 0 aliphatic rings. The van der Waals surface area contributed by atoms with Crippen molar-refractivity contribution in [3.8, 4) is 0 Å². The molecule has 2 aromatic carbocycles. The average molecular weight is 344 g/mol. The molecule has 0 saturated carbocycles. The summed E-state index contributed by atoms with van der Waals surface area (Å²) in [5.41, 5.74) is 3.52. The smallest absolute Gasteiger partial charge is 0.331 e. The topological polar surface area (TPSA) is 55.4 Å². The Morgan fingerprint density at radius 3 is 2.54 bits per heavy atom. The average Bonchev–Trinajstić information content (AvgIpc) is 2.56. The zero-order chi connectivity index (χ0) is 17.5. The number of ether oxygens (including phenoxy) is 1. The highest BCUT2D eigenvalue weighted by Crippen LogP contribution is 2.16. The molecule has 0 spiro atoms. The molecule has 124 valence electrons. The SMILES string of the molecule is Cc1ccc(C)c(NC(=O)COC(=O)/C=C/c2ccc(Cl)cc2)c1. The van der Waals surface area contributed by atoms with Crippen LogP contribution in [-0.2, 0) is 14.3 Å². The lowest BCUT2D eigenvalue weighted by Crippen LogP contribution is -2.20. The molecule has 0 radical (unpaired) electrons. The van der Waals surface area contributed by atoms with Crippen molar-refractivity contribution in [1.29, 1.82) is 0 Å². The predicted molar refractivity (Wildman–Crippen MR) is 96.0 cm³/mol. The van der Waals surface area contributed by atoms with Crippen molar-refractivity contribution in [2.45, 2.75) is 13.8 Å². The lowest BCUT2D eigenvalue weighted by Gasteiger charge is -2.09. The number of esters is 1. The third kappa shape index (κ3) is 5.56. The van der Waals surface area contributed by atoms with E-state index in [0.29, 0.717) is 10.7 Å². The van der Waals surface area contributed by atoms with Gasteiger partial charge in [0.05, 0.1) is 0 Å². The molecule has 0 saturated heterocycles. The molecule has 2 aromatic rings. The van der Waals surface area contributed by atoms with Gasteiger partial charge in [-0.05, 0) is 54.8 Å². The van der Waals surface area contributed by atoms with Crippen molar-refractivity contribution in [2.24, 2.45) is 0 Å². The lowest BCUT2D eigenvalue weighted by atomic mass is 10.1. The Balaban J connectivity index is 1.83. The van der Waals surface area contributed by atoms with Crippen LogP contribution in [0.25, 0.3) is 6.08 Å². The minimum atomic E-state index is -0.582. The molecule has 0 aliphatic carbocycles. The number of amides is 1. The minimum Gasteiger partial charge on any atom is -0.452 e. The van der Waals surface area contributed by atoms with Crippen molar-refractivity contribution in [3.05, 3.63) is 70.3 Å².